The first-order chi connectivity index (χ1) is 13.3. The van der Waals surface area contributed by atoms with Crippen LogP contribution in [-0.2, 0) is 17.8 Å². The van der Waals surface area contributed by atoms with Crippen molar-refractivity contribution in [3.8, 4) is 0 Å². The summed E-state index contributed by atoms with van der Waals surface area (Å²) in [6, 6.07) is 16.8. The Kier molecular flexibility index (Phi) is 5.83. The van der Waals surface area contributed by atoms with E-state index in [4.69, 9.17) is 0 Å². The third-order valence-corrected chi connectivity index (χ3v) is 5.92. The van der Waals surface area contributed by atoms with Crippen LogP contribution in [0.5, 0.6) is 0 Å². The Hall–Kier alpha value is -2.20. The molecule has 0 radical (unpaired) electrons. The highest BCUT2D eigenvalue weighted by Gasteiger charge is 2.32. The zero-order valence-corrected chi connectivity index (χ0v) is 16.0. The van der Waals surface area contributed by atoms with Crippen molar-refractivity contribution < 1.29 is 4.79 Å². The van der Waals surface area contributed by atoms with Crippen molar-refractivity contribution in [2.24, 2.45) is 11.8 Å². The van der Waals surface area contributed by atoms with Crippen molar-refractivity contribution in [1.82, 2.24) is 14.8 Å². The number of carbonyl (C=O) groups excluding carboxylic acids is 1. The molecule has 2 fully saturated rings. The molecule has 4 rings (SSSR count). The molecule has 2 aliphatic rings. The lowest BCUT2D eigenvalue weighted by Gasteiger charge is -2.32. The van der Waals surface area contributed by atoms with Crippen molar-refractivity contribution >= 4 is 5.91 Å². The van der Waals surface area contributed by atoms with Gasteiger partial charge in [0.2, 0.25) is 5.91 Å². The van der Waals surface area contributed by atoms with Gasteiger partial charge in [-0.05, 0) is 42.9 Å². The molecule has 2 aromatic rings. The number of hydrogen-bond acceptors (Lipinski definition) is 3. The molecule has 142 valence electrons. The molecule has 1 atom stereocenters. The molecular weight excluding hydrogens is 334 g/mol. The lowest BCUT2D eigenvalue weighted by Crippen LogP contribution is -2.42. The number of rotatable bonds is 5. The normalized spacial score (nSPS) is 21.5. The zero-order valence-electron chi connectivity index (χ0n) is 16.0. The van der Waals surface area contributed by atoms with E-state index in [0.717, 1.165) is 57.7 Å². The highest BCUT2D eigenvalue weighted by Crippen LogP contribution is 2.29. The lowest BCUT2D eigenvalue weighted by atomic mass is 9.84. The summed E-state index contributed by atoms with van der Waals surface area (Å²) in [7, 11) is 0. The highest BCUT2D eigenvalue weighted by molar-refractivity contribution is 5.79. The van der Waals surface area contributed by atoms with Crippen molar-refractivity contribution in [2.75, 3.05) is 26.2 Å². The predicted octanol–water partition coefficient (Wildman–Crippen LogP) is 3.38. The minimum atomic E-state index is 0.279. The van der Waals surface area contributed by atoms with E-state index in [1.165, 1.54) is 12.0 Å². The summed E-state index contributed by atoms with van der Waals surface area (Å²) < 4.78 is 0. The molecule has 1 unspecified atom stereocenters. The third-order valence-electron chi connectivity index (χ3n) is 5.92. The molecule has 0 N–H and O–H groups in total. The van der Waals surface area contributed by atoms with Gasteiger partial charge in [0.15, 0.2) is 0 Å². The molecule has 1 aliphatic carbocycles. The van der Waals surface area contributed by atoms with E-state index in [2.05, 4.69) is 57.2 Å². The standard InChI is InChI=1S/C23H29N3O/c27-23(21-9-6-10-21)26-14-13-25(16-19-7-2-1-3-8-19)17-20(18-26)15-22-11-4-5-12-24-22/h1-5,7-8,11-12,20-21H,6,9-10,13-18H2. The van der Waals surface area contributed by atoms with Gasteiger partial charge in [0.05, 0.1) is 0 Å². The van der Waals surface area contributed by atoms with Gasteiger partial charge in [-0.3, -0.25) is 14.7 Å². The molecule has 4 heteroatoms. The molecule has 2 heterocycles. The molecular formula is C23H29N3O. The fourth-order valence-corrected chi connectivity index (χ4v) is 4.22. The average Bonchev–Trinajstić information content (AvgIpc) is 2.84. The fourth-order valence-electron chi connectivity index (χ4n) is 4.22. The van der Waals surface area contributed by atoms with Gasteiger partial charge < -0.3 is 4.90 Å². The lowest BCUT2D eigenvalue weighted by molar-refractivity contribution is -0.138. The summed E-state index contributed by atoms with van der Waals surface area (Å²) in [4.78, 5) is 22.1. The number of benzene rings is 1. The number of hydrogen-bond donors (Lipinski definition) is 0. The molecule has 1 aromatic carbocycles. The van der Waals surface area contributed by atoms with Gasteiger partial charge in [0, 0.05) is 50.5 Å². The number of aromatic nitrogens is 1. The van der Waals surface area contributed by atoms with Crippen LogP contribution in [0.25, 0.3) is 0 Å². The van der Waals surface area contributed by atoms with E-state index in [9.17, 15) is 4.79 Å². The molecule has 4 nitrogen and oxygen atoms in total. The summed E-state index contributed by atoms with van der Waals surface area (Å²) in [6.07, 6.45) is 6.16. The molecule has 27 heavy (non-hydrogen) atoms. The summed E-state index contributed by atoms with van der Waals surface area (Å²) in [6.45, 7) is 4.62. The van der Waals surface area contributed by atoms with Gasteiger partial charge >= 0.3 is 0 Å². The van der Waals surface area contributed by atoms with Crippen LogP contribution < -0.4 is 0 Å². The molecule has 1 saturated heterocycles. The molecule has 1 aromatic heterocycles. The van der Waals surface area contributed by atoms with Crippen LogP contribution in [-0.4, -0.2) is 46.9 Å². The first-order valence-electron chi connectivity index (χ1n) is 10.2. The number of carbonyl (C=O) groups is 1. The predicted molar refractivity (Wildman–Crippen MR) is 107 cm³/mol. The van der Waals surface area contributed by atoms with Crippen molar-refractivity contribution in [2.45, 2.75) is 32.2 Å². The maximum Gasteiger partial charge on any atom is 0.225 e. The monoisotopic (exact) mass is 363 g/mol. The van der Waals surface area contributed by atoms with Gasteiger partial charge in [-0.2, -0.15) is 0 Å². The van der Waals surface area contributed by atoms with E-state index in [1.54, 1.807) is 0 Å². The van der Waals surface area contributed by atoms with Gasteiger partial charge in [0.1, 0.15) is 0 Å². The van der Waals surface area contributed by atoms with Crippen LogP contribution in [0, 0.1) is 11.8 Å². The van der Waals surface area contributed by atoms with Crippen LogP contribution in [0.1, 0.15) is 30.5 Å². The number of nitrogens with zero attached hydrogens (tertiary/aromatic N) is 3. The summed E-state index contributed by atoms with van der Waals surface area (Å²) in [5.41, 5.74) is 2.47. The molecule has 0 spiro atoms. The maximum absolute atomic E-state index is 12.9. The van der Waals surface area contributed by atoms with Crippen molar-refractivity contribution in [1.29, 1.82) is 0 Å². The smallest absolute Gasteiger partial charge is 0.225 e. The molecule has 1 amide bonds. The van der Waals surface area contributed by atoms with Crippen molar-refractivity contribution in [3.05, 3.63) is 66.0 Å². The molecule has 1 aliphatic heterocycles. The average molecular weight is 364 g/mol. The minimum absolute atomic E-state index is 0.279. The van der Waals surface area contributed by atoms with Gasteiger partial charge in [-0.25, -0.2) is 0 Å². The van der Waals surface area contributed by atoms with Crippen LogP contribution in [0.4, 0.5) is 0 Å². The van der Waals surface area contributed by atoms with Gasteiger partial charge in [-0.1, -0.05) is 42.8 Å². The summed E-state index contributed by atoms with van der Waals surface area (Å²) in [5, 5.41) is 0. The van der Waals surface area contributed by atoms with E-state index in [-0.39, 0.29) is 5.92 Å². The summed E-state index contributed by atoms with van der Waals surface area (Å²) >= 11 is 0. The Balaban J connectivity index is 1.47. The number of amides is 1. The maximum atomic E-state index is 12.9. The quantitative estimate of drug-likeness (QED) is 0.817. The minimum Gasteiger partial charge on any atom is -0.341 e. The van der Waals surface area contributed by atoms with E-state index >= 15 is 0 Å². The SMILES string of the molecule is O=C(C1CCC1)N1CCN(Cc2ccccc2)CC(Cc2ccccn2)C1. The Morgan fingerprint density at radius 3 is 2.52 bits per heavy atom. The topological polar surface area (TPSA) is 36.4 Å². The molecule has 0 bridgehead atoms. The second-order valence-corrected chi connectivity index (χ2v) is 8.02. The van der Waals surface area contributed by atoms with Crippen LogP contribution >= 0.6 is 0 Å². The zero-order chi connectivity index (χ0) is 18.5. The first-order valence-corrected chi connectivity index (χ1v) is 10.2. The largest absolute Gasteiger partial charge is 0.341 e. The van der Waals surface area contributed by atoms with Crippen LogP contribution in [0.3, 0.4) is 0 Å². The Labute approximate surface area is 162 Å². The van der Waals surface area contributed by atoms with Crippen LogP contribution in [0.15, 0.2) is 54.7 Å². The van der Waals surface area contributed by atoms with E-state index < -0.39 is 0 Å². The second kappa shape index (κ2) is 8.66. The van der Waals surface area contributed by atoms with E-state index in [1.807, 2.05) is 12.3 Å². The Bertz CT molecular complexity index is 730. The van der Waals surface area contributed by atoms with Crippen LogP contribution in [0.2, 0.25) is 0 Å². The van der Waals surface area contributed by atoms with Crippen molar-refractivity contribution in [3.63, 3.8) is 0 Å². The Morgan fingerprint density at radius 1 is 1.00 bits per heavy atom. The third kappa shape index (κ3) is 4.75. The second-order valence-electron chi connectivity index (χ2n) is 8.02. The fraction of sp³-hybridized carbons (Fsp3) is 0.478. The first kappa shape index (κ1) is 18.2. The van der Waals surface area contributed by atoms with E-state index in [0.29, 0.717) is 11.8 Å². The summed E-state index contributed by atoms with van der Waals surface area (Å²) in [5.74, 6) is 1.09. The number of pyridine rings is 1. The van der Waals surface area contributed by atoms with Gasteiger partial charge in [-0.15, -0.1) is 0 Å². The van der Waals surface area contributed by atoms with Gasteiger partial charge in [0.25, 0.3) is 0 Å². The highest BCUT2D eigenvalue weighted by atomic mass is 16.2. The molecule has 1 saturated carbocycles. The Morgan fingerprint density at radius 2 is 1.81 bits per heavy atom.